The minimum absolute atomic E-state index is 0.500. The van der Waals surface area contributed by atoms with Crippen molar-refractivity contribution in [2.24, 2.45) is 5.73 Å². The van der Waals surface area contributed by atoms with Gasteiger partial charge in [-0.3, -0.25) is 0 Å². The van der Waals surface area contributed by atoms with Crippen molar-refractivity contribution < 1.29 is 9.52 Å². The van der Waals surface area contributed by atoms with Crippen LogP contribution in [0.5, 0.6) is 0 Å². The lowest BCUT2D eigenvalue weighted by Crippen LogP contribution is -2.01. The van der Waals surface area contributed by atoms with Gasteiger partial charge in [-0.05, 0) is 28.8 Å². The van der Waals surface area contributed by atoms with Crippen molar-refractivity contribution in [3.05, 3.63) is 65.0 Å². The second-order valence-corrected chi connectivity index (χ2v) is 4.81. The molecule has 4 heteroatoms. The first-order valence-electron chi connectivity index (χ1n) is 6.51. The topological polar surface area (TPSA) is 72.3 Å². The first-order chi connectivity index (χ1) is 9.67. The van der Waals surface area contributed by atoms with Crippen LogP contribution >= 0.6 is 0 Å². The number of fused-ring (bicyclic) bond motifs is 1. The molecule has 3 aromatic rings. The molecule has 1 heterocycles. The Labute approximate surface area is 116 Å². The summed E-state index contributed by atoms with van der Waals surface area (Å²) in [5, 5.41) is 10.4. The highest BCUT2D eigenvalue weighted by molar-refractivity contribution is 5.73. The highest BCUT2D eigenvalue weighted by Gasteiger charge is 2.12. The van der Waals surface area contributed by atoms with Gasteiger partial charge < -0.3 is 15.3 Å². The van der Waals surface area contributed by atoms with Gasteiger partial charge in [-0.1, -0.05) is 30.3 Å². The third-order valence-electron chi connectivity index (χ3n) is 3.37. The zero-order chi connectivity index (χ0) is 14.1. The second kappa shape index (κ2) is 5.07. The van der Waals surface area contributed by atoms with Crippen LogP contribution in [0.4, 0.5) is 0 Å². The molecule has 0 aliphatic carbocycles. The lowest BCUT2D eigenvalue weighted by molar-refractivity contribution is 0.220. The monoisotopic (exact) mass is 268 g/mol. The van der Waals surface area contributed by atoms with Gasteiger partial charge in [0.15, 0.2) is 11.5 Å². The molecule has 3 N–H and O–H groups in total. The molecule has 3 rings (SSSR count). The molecule has 1 unspecified atom stereocenters. The van der Waals surface area contributed by atoms with Crippen molar-refractivity contribution in [1.29, 1.82) is 0 Å². The quantitative estimate of drug-likeness (QED) is 0.766. The van der Waals surface area contributed by atoms with E-state index in [0.29, 0.717) is 18.0 Å². The van der Waals surface area contributed by atoms with Gasteiger partial charge >= 0.3 is 0 Å². The lowest BCUT2D eigenvalue weighted by Gasteiger charge is -2.11. The Morgan fingerprint density at radius 1 is 1.15 bits per heavy atom. The van der Waals surface area contributed by atoms with Crippen molar-refractivity contribution in [3.8, 4) is 0 Å². The Kier molecular flexibility index (Phi) is 3.26. The molecular weight excluding hydrogens is 252 g/mol. The number of hydrogen-bond acceptors (Lipinski definition) is 4. The Hall–Kier alpha value is -2.17. The van der Waals surface area contributed by atoms with E-state index in [9.17, 15) is 5.11 Å². The number of nitrogens with two attached hydrogens (primary N) is 1. The van der Waals surface area contributed by atoms with Crippen LogP contribution in [0.3, 0.4) is 0 Å². The van der Waals surface area contributed by atoms with E-state index in [2.05, 4.69) is 4.98 Å². The van der Waals surface area contributed by atoms with Crippen LogP contribution < -0.4 is 5.73 Å². The Morgan fingerprint density at radius 3 is 2.55 bits per heavy atom. The van der Waals surface area contributed by atoms with E-state index in [4.69, 9.17) is 10.2 Å². The molecule has 0 amide bonds. The van der Waals surface area contributed by atoms with Crippen molar-refractivity contribution in [2.45, 2.75) is 19.6 Å². The summed E-state index contributed by atoms with van der Waals surface area (Å²) in [7, 11) is 0. The zero-order valence-corrected chi connectivity index (χ0v) is 11.2. The normalized spacial score (nSPS) is 12.8. The molecule has 4 nitrogen and oxygen atoms in total. The van der Waals surface area contributed by atoms with E-state index in [1.54, 1.807) is 0 Å². The van der Waals surface area contributed by atoms with E-state index < -0.39 is 6.10 Å². The minimum atomic E-state index is -0.684. The van der Waals surface area contributed by atoms with Crippen LogP contribution in [0, 0.1) is 6.92 Å². The Balaban J connectivity index is 1.95. The minimum Gasteiger partial charge on any atom is -0.441 e. The number of aliphatic hydroxyl groups excluding tert-OH is 1. The van der Waals surface area contributed by atoms with Crippen LogP contribution in [0.1, 0.15) is 28.7 Å². The van der Waals surface area contributed by atoms with E-state index in [1.165, 1.54) is 0 Å². The molecule has 0 saturated carbocycles. The summed E-state index contributed by atoms with van der Waals surface area (Å²) in [6, 6.07) is 13.2. The molecule has 2 aromatic carbocycles. The average Bonchev–Trinajstić information content (AvgIpc) is 2.85. The number of aliphatic hydroxyl groups is 1. The fraction of sp³-hybridized carbons (Fsp3) is 0.188. The molecule has 0 saturated heterocycles. The van der Waals surface area contributed by atoms with Crippen molar-refractivity contribution in [1.82, 2.24) is 4.98 Å². The van der Waals surface area contributed by atoms with E-state index in [1.807, 2.05) is 49.4 Å². The van der Waals surface area contributed by atoms with Crippen LogP contribution in [0.15, 0.2) is 46.9 Å². The molecule has 1 atom stereocenters. The van der Waals surface area contributed by atoms with E-state index in [0.717, 1.165) is 22.2 Å². The predicted octanol–water partition coefficient (Wildman–Crippen LogP) is 2.68. The van der Waals surface area contributed by atoms with Crippen LogP contribution in [0.25, 0.3) is 11.1 Å². The Bertz CT molecular complexity index is 732. The van der Waals surface area contributed by atoms with Gasteiger partial charge in [0.1, 0.15) is 11.6 Å². The molecule has 0 spiro atoms. The summed E-state index contributed by atoms with van der Waals surface area (Å²) < 4.78 is 5.49. The third-order valence-corrected chi connectivity index (χ3v) is 3.37. The SMILES string of the molecule is Cc1nc2ccc(C(O)c3ccc(CN)cc3)cc2o1. The molecule has 0 fully saturated rings. The largest absolute Gasteiger partial charge is 0.441 e. The number of oxazole rings is 1. The maximum Gasteiger partial charge on any atom is 0.192 e. The highest BCUT2D eigenvalue weighted by atomic mass is 16.3. The van der Waals surface area contributed by atoms with Crippen LogP contribution in [-0.2, 0) is 6.54 Å². The van der Waals surface area contributed by atoms with Crippen molar-refractivity contribution in [2.75, 3.05) is 0 Å². The summed E-state index contributed by atoms with van der Waals surface area (Å²) >= 11 is 0. The van der Waals surface area contributed by atoms with Gasteiger partial charge in [-0.2, -0.15) is 0 Å². The standard InChI is InChI=1S/C16H16N2O2/c1-10-18-14-7-6-13(8-15(14)20-10)16(19)12-4-2-11(9-17)3-5-12/h2-8,16,19H,9,17H2,1H3. The molecule has 20 heavy (non-hydrogen) atoms. The summed E-state index contributed by atoms with van der Waals surface area (Å²) in [5.41, 5.74) is 9.73. The fourth-order valence-corrected chi connectivity index (χ4v) is 2.25. The number of benzene rings is 2. The second-order valence-electron chi connectivity index (χ2n) is 4.81. The number of rotatable bonds is 3. The summed E-state index contributed by atoms with van der Waals surface area (Å²) in [6.07, 6.45) is -0.684. The zero-order valence-electron chi connectivity index (χ0n) is 11.2. The van der Waals surface area contributed by atoms with Gasteiger partial charge in [0.05, 0.1) is 0 Å². The van der Waals surface area contributed by atoms with Crippen LogP contribution in [0.2, 0.25) is 0 Å². The summed E-state index contributed by atoms with van der Waals surface area (Å²) in [4.78, 5) is 4.25. The van der Waals surface area contributed by atoms with Gasteiger partial charge in [0.2, 0.25) is 0 Å². The number of aryl methyl sites for hydroxylation is 1. The average molecular weight is 268 g/mol. The molecule has 0 aliphatic heterocycles. The summed E-state index contributed by atoms with van der Waals surface area (Å²) in [5.74, 6) is 0.624. The maximum absolute atomic E-state index is 10.4. The first-order valence-corrected chi connectivity index (χ1v) is 6.51. The molecule has 102 valence electrons. The number of aromatic nitrogens is 1. The number of hydrogen-bond donors (Lipinski definition) is 2. The molecule has 0 bridgehead atoms. The predicted molar refractivity (Wildman–Crippen MR) is 77.1 cm³/mol. The van der Waals surface area contributed by atoms with Gasteiger partial charge in [-0.25, -0.2) is 4.98 Å². The third kappa shape index (κ3) is 2.31. The Morgan fingerprint density at radius 2 is 1.85 bits per heavy atom. The summed E-state index contributed by atoms with van der Waals surface area (Å²) in [6.45, 7) is 2.31. The van der Waals surface area contributed by atoms with Crippen molar-refractivity contribution >= 4 is 11.1 Å². The van der Waals surface area contributed by atoms with E-state index >= 15 is 0 Å². The lowest BCUT2D eigenvalue weighted by atomic mass is 10.00. The maximum atomic E-state index is 10.4. The fourth-order valence-electron chi connectivity index (χ4n) is 2.25. The number of nitrogens with zero attached hydrogens (tertiary/aromatic N) is 1. The van der Waals surface area contributed by atoms with Gasteiger partial charge in [0, 0.05) is 13.5 Å². The molecular formula is C16H16N2O2. The van der Waals surface area contributed by atoms with Gasteiger partial charge in [-0.15, -0.1) is 0 Å². The molecule has 0 aliphatic rings. The van der Waals surface area contributed by atoms with Crippen LogP contribution in [-0.4, -0.2) is 10.1 Å². The van der Waals surface area contributed by atoms with E-state index in [-0.39, 0.29) is 0 Å². The highest BCUT2D eigenvalue weighted by Crippen LogP contribution is 2.26. The molecule has 1 aromatic heterocycles. The molecule has 0 radical (unpaired) electrons. The first kappa shape index (κ1) is 12.8. The smallest absolute Gasteiger partial charge is 0.192 e. The van der Waals surface area contributed by atoms with Crippen molar-refractivity contribution in [3.63, 3.8) is 0 Å². The van der Waals surface area contributed by atoms with Gasteiger partial charge in [0.25, 0.3) is 0 Å².